The second kappa shape index (κ2) is 8.71. The van der Waals surface area contributed by atoms with Crippen LogP contribution < -0.4 is 4.90 Å². The van der Waals surface area contributed by atoms with Gasteiger partial charge in [-0.3, -0.25) is 15.0 Å². The zero-order valence-electron chi connectivity index (χ0n) is 18.2. The number of rotatable bonds is 5. The summed E-state index contributed by atoms with van der Waals surface area (Å²) >= 11 is 0. The van der Waals surface area contributed by atoms with E-state index >= 15 is 0 Å². The van der Waals surface area contributed by atoms with E-state index < -0.39 is 0 Å². The van der Waals surface area contributed by atoms with Gasteiger partial charge in [-0.25, -0.2) is 0 Å². The van der Waals surface area contributed by atoms with Crippen molar-refractivity contribution >= 4 is 11.9 Å². The fourth-order valence-corrected chi connectivity index (χ4v) is 4.28. The van der Waals surface area contributed by atoms with E-state index in [9.17, 15) is 0 Å². The molecule has 1 atom stereocenters. The molecule has 0 radical (unpaired) electrons. The van der Waals surface area contributed by atoms with Gasteiger partial charge in [0.1, 0.15) is 6.17 Å². The zero-order chi connectivity index (χ0) is 22.7. The summed E-state index contributed by atoms with van der Waals surface area (Å²) in [6.07, 6.45) is 8.37. The molecule has 1 aliphatic heterocycles. The van der Waals surface area contributed by atoms with Gasteiger partial charge in [0.2, 0.25) is 12.3 Å². The van der Waals surface area contributed by atoms with E-state index in [4.69, 9.17) is 9.41 Å². The van der Waals surface area contributed by atoms with Crippen LogP contribution in [0.1, 0.15) is 23.0 Å². The van der Waals surface area contributed by atoms with Crippen molar-refractivity contribution in [1.29, 1.82) is 0 Å². The highest BCUT2D eigenvalue weighted by Crippen LogP contribution is 2.39. The molecule has 0 spiro atoms. The number of pyridine rings is 2. The lowest BCUT2D eigenvalue weighted by Gasteiger charge is -2.35. The Balaban J connectivity index is 1.47. The van der Waals surface area contributed by atoms with E-state index in [1.165, 1.54) is 6.39 Å². The van der Waals surface area contributed by atoms with E-state index in [-0.39, 0.29) is 6.17 Å². The maximum absolute atomic E-state index is 5.38. The third kappa shape index (κ3) is 3.73. The van der Waals surface area contributed by atoms with Crippen LogP contribution in [0.4, 0.5) is 5.69 Å². The average molecular weight is 444 g/mol. The van der Waals surface area contributed by atoms with Crippen LogP contribution in [0.25, 0.3) is 22.6 Å². The van der Waals surface area contributed by atoms with Crippen molar-refractivity contribution in [2.45, 2.75) is 12.7 Å². The Kier molecular flexibility index (Phi) is 5.12. The fourth-order valence-electron chi connectivity index (χ4n) is 4.28. The molecule has 1 unspecified atom stereocenters. The monoisotopic (exact) mass is 444 g/mol. The lowest BCUT2D eigenvalue weighted by Crippen LogP contribution is -2.31. The number of aliphatic imine (C=N–C) groups is 1. The highest BCUT2D eigenvalue weighted by atomic mass is 16.4. The summed E-state index contributed by atoms with van der Waals surface area (Å²) in [4.78, 5) is 16.3. The quantitative estimate of drug-likeness (QED) is 0.364. The minimum atomic E-state index is -0.282. The van der Waals surface area contributed by atoms with Crippen LogP contribution in [-0.2, 0) is 6.54 Å². The maximum Gasteiger partial charge on any atom is 0.248 e. The van der Waals surface area contributed by atoms with Crippen LogP contribution in [-0.4, -0.2) is 26.4 Å². The molecule has 1 aliphatic rings. The first-order valence-electron chi connectivity index (χ1n) is 11.0. The van der Waals surface area contributed by atoms with Crippen LogP contribution in [0.2, 0.25) is 0 Å². The third-order valence-corrected chi connectivity index (χ3v) is 5.84. The van der Waals surface area contributed by atoms with Crippen LogP contribution in [0.3, 0.4) is 0 Å². The molecule has 4 heterocycles. The SMILES string of the molecule is C1=NC(c2cncc(-c3nnco3)c2)N(Cc2ccccn2)c2cccc(-c3ccccc3)c21. The first kappa shape index (κ1) is 20.0. The normalized spacial score (nSPS) is 14.7. The molecule has 0 N–H and O–H groups in total. The van der Waals surface area contributed by atoms with Crippen molar-refractivity contribution in [3.8, 4) is 22.6 Å². The molecule has 0 aliphatic carbocycles. The van der Waals surface area contributed by atoms with Gasteiger partial charge in [-0.15, -0.1) is 10.2 Å². The topological polar surface area (TPSA) is 80.3 Å². The largest absolute Gasteiger partial charge is 0.423 e. The van der Waals surface area contributed by atoms with E-state index in [1.54, 1.807) is 6.20 Å². The smallest absolute Gasteiger partial charge is 0.248 e. The zero-order valence-corrected chi connectivity index (χ0v) is 18.2. The molecule has 0 amide bonds. The summed E-state index contributed by atoms with van der Waals surface area (Å²) in [5.74, 6) is 0.428. The van der Waals surface area contributed by atoms with E-state index in [0.29, 0.717) is 12.4 Å². The van der Waals surface area contributed by atoms with E-state index in [2.05, 4.69) is 67.5 Å². The molecule has 0 saturated heterocycles. The highest BCUT2D eigenvalue weighted by Gasteiger charge is 2.28. The number of aromatic nitrogens is 4. The number of benzene rings is 2. The van der Waals surface area contributed by atoms with Crippen molar-refractivity contribution < 1.29 is 4.42 Å². The van der Waals surface area contributed by atoms with Gasteiger partial charge < -0.3 is 9.32 Å². The Hall–Kier alpha value is -4.65. The predicted octanol–water partition coefficient (Wildman–Crippen LogP) is 5.33. The van der Waals surface area contributed by atoms with E-state index in [0.717, 1.165) is 39.2 Å². The lowest BCUT2D eigenvalue weighted by atomic mass is 9.96. The van der Waals surface area contributed by atoms with Gasteiger partial charge in [0.05, 0.1) is 17.8 Å². The molecule has 5 aromatic rings. The van der Waals surface area contributed by atoms with Gasteiger partial charge in [0, 0.05) is 41.6 Å². The molecule has 0 fully saturated rings. The maximum atomic E-state index is 5.38. The Bertz CT molecular complexity index is 1440. The summed E-state index contributed by atoms with van der Waals surface area (Å²) in [7, 11) is 0. The molecule has 0 saturated carbocycles. The second-order valence-electron chi connectivity index (χ2n) is 7.96. The lowest BCUT2D eigenvalue weighted by molar-refractivity contribution is 0.567. The molecule has 0 bridgehead atoms. The number of anilines is 1. The first-order valence-corrected chi connectivity index (χ1v) is 11.0. The minimum Gasteiger partial charge on any atom is -0.423 e. The van der Waals surface area contributed by atoms with Gasteiger partial charge in [-0.05, 0) is 35.4 Å². The minimum absolute atomic E-state index is 0.282. The molecule has 3 aromatic heterocycles. The van der Waals surface area contributed by atoms with Crippen LogP contribution in [0.5, 0.6) is 0 Å². The van der Waals surface area contributed by atoms with Crippen LogP contribution in [0, 0.1) is 0 Å². The average Bonchev–Trinajstić information content (AvgIpc) is 3.45. The van der Waals surface area contributed by atoms with Crippen LogP contribution in [0.15, 0.2) is 107 Å². The van der Waals surface area contributed by atoms with Gasteiger partial charge >= 0.3 is 0 Å². The van der Waals surface area contributed by atoms with Crippen LogP contribution >= 0.6 is 0 Å². The second-order valence-corrected chi connectivity index (χ2v) is 7.96. The van der Waals surface area contributed by atoms with Crippen molar-refractivity contribution in [1.82, 2.24) is 20.2 Å². The molecule has 2 aromatic carbocycles. The molecule has 7 heteroatoms. The molecular formula is C27H20N6O. The summed E-state index contributed by atoms with van der Waals surface area (Å²) in [5, 5.41) is 7.81. The standard InChI is InChI=1S/C27H20N6O/c1-2-7-19(8-3-1)23-10-6-11-25-24(23)16-30-26(33(25)17-22-9-4-5-12-29-22)20-13-21(15-28-14-20)27-32-31-18-34-27/h1-16,18,26H,17H2. The molecule has 7 nitrogen and oxygen atoms in total. The van der Waals surface area contributed by atoms with Gasteiger partial charge in [-0.1, -0.05) is 48.5 Å². The van der Waals surface area contributed by atoms with E-state index in [1.807, 2.05) is 48.9 Å². The Morgan fingerprint density at radius 1 is 0.882 bits per heavy atom. The number of hydrogen-bond donors (Lipinski definition) is 0. The van der Waals surface area contributed by atoms with Gasteiger partial charge in [0.15, 0.2) is 0 Å². The summed E-state index contributed by atoms with van der Waals surface area (Å²) in [5.41, 5.74) is 7.12. The number of hydrogen-bond acceptors (Lipinski definition) is 7. The van der Waals surface area contributed by atoms with Gasteiger partial charge in [-0.2, -0.15) is 0 Å². The number of fused-ring (bicyclic) bond motifs is 1. The molecule has 6 rings (SSSR count). The van der Waals surface area contributed by atoms with Crippen molar-refractivity contribution in [3.05, 3.63) is 115 Å². The number of nitrogens with zero attached hydrogens (tertiary/aromatic N) is 6. The predicted molar refractivity (Wildman–Crippen MR) is 130 cm³/mol. The van der Waals surface area contributed by atoms with Crippen molar-refractivity contribution in [2.75, 3.05) is 4.90 Å². The Morgan fingerprint density at radius 3 is 2.62 bits per heavy atom. The summed E-state index contributed by atoms with van der Waals surface area (Å²) in [6.45, 7) is 0.596. The Morgan fingerprint density at radius 2 is 1.79 bits per heavy atom. The Labute approximate surface area is 196 Å². The van der Waals surface area contributed by atoms with Crippen molar-refractivity contribution in [2.24, 2.45) is 4.99 Å². The molecule has 164 valence electrons. The molecular weight excluding hydrogens is 424 g/mol. The molecule has 34 heavy (non-hydrogen) atoms. The first-order chi connectivity index (χ1) is 16.9. The fraction of sp³-hybridized carbons (Fsp3) is 0.0741. The summed E-state index contributed by atoms with van der Waals surface area (Å²) < 4.78 is 5.38. The van der Waals surface area contributed by atoms with Crippen molar-refractivity contribution in [3.63, 3.8) is 0 Å². The highest BCUT2D eigenvalue weighted by molar-refractivity contribution is 5.98. The van der Waals surface area contributed by atoms with Gasteiger partial charge in [0.25, 0.3) is 0 Å². The third-order valence-electron chi connectivity index (χ3n) is 5.84. The summed E-state index contributed by atoms with van der Waals surface area (Å²) in [6, 6.07) is 24.7.